The van der Waals surface area contributed by atoms with Crippen LogP contribution in [0.15, 0.2) is 100 Å². The van der Waals surface area contributed by atoms with Crippen molar-refractivity contribution in [3.63, 3.8) is 0 Å². The van der Waals surface area contributed by atoms with Crippen LogP contribution in [0, 0.1) is 22.2 Å². The molecule has 0 saturated carbocycles. The summed E-state index contributed by atoms with van der Waals surface area (Å²) in [7, 11) is -14.9. The second-order valence-corrected chi connectivity index (χ2v) is 29.8. The van der Waals surface area contributed by atoms with Crippen molar-refractivity contribution in [2.75, 3.05) is 61.2 Å². The molecule has 1 amide bonds. The lowest BCUT2D eigenvalue weighted by Gasteiger charge is -2.32. The van der Waals surface area contributed by atoms with E-state index in [0.29, 0.717) is 25.0 Å². The molecular formula is C65H78N11O19S3. The number of aromatic nitrogens is 5. The first-order valence-corrected chi connectivity index (χ1v) is 35.1. The average Bonchev–Trinajstić information content (AvgIpc) is 0.735. The minimum Gasteiger partial charge on any atom is -0.397 e. The Labute approximate surface area is 566 Å². The minimum atomic E-state index is -5.13. The molecular weight excluding hydrogens is 1330 g/mol. The van der Waals surface area contributed by atoms with Gasteiger partial charge in [-0.25, -0.2) is 10.7 Å². The first-order valence-electron chi connectivity index (χ1n) is 30.8. The maximum Gasteiger partial charge on any atom is 0.296 e. The Morgan fingerprint density at radius 3 is 1.90 bits per heavy atom. The van der Waals surface area contributed by atoms with Crippen LogP contribution in [0.5, 0.6) is 0 Å². The number of imidazole rings is 1. The van der Waals surface area contributed by atoms with Crippen LogP contribution >= 0.6 is 0 Å². The van der Waals surface area contributed by atoms with Gasteiger partial charge in [0.2, 0.25) is 17.8 Å². The predicted octanol–water partition coefficient (Wildman–Crippen LogP) is 6.52. The van der Waals surface area contributed by atoms with E-state index in [4.69, 9.17) is 20.9 Å². The number of carbonyl (C=O) groups is 8. The normalized spacial score (nSPS) is 13.4. The molecule has 0 spiro atoms. The van der Waals surface area contributed by atoms with Crippen molar-refractivity contribution in [2.24, 2.45) is 22.2 Å². The van der Waals surface area contributed by atoms with Crippen molar-refractivity contribution in [1.29, 1.82) is 0 Å². The number of benzene rings is 4. The van der Waals surface area contributed by atoms with Crippen molar-refractivity contribution < 1.29 is 86.7 Å². The molecule has 0 unspecified atom stereocenters. The van der Waals surface area contributed by atoms with Crippen molar-refractivity contribution in [2.45, 2.75) is 127 Å². The van der Waals surface area contributed by atoms with Crippen molar-refractivity contribution in [1.82, 2.24) is 36.0 Å². The van der Waals surface area contributed by atoms with Gasteiger partial charge in [0.15, 0.2) is 17.3 Å². The topological polar surface area (TPSA) is 483 Å². The number of aromatic amines is 1. The number of unbranched alkanes of at least 4 members (excludes halogenated alkanes) is 1. The summed E-state index contributed by atoms with van der Waals surface area (Å²) in [4.78, 5) is 125. The van der Waals surface area contributed by atoms with E-state index in [2.05, 4.69) is 46.2 Å². The van der Waals surface area contributed by atoms with E-state index in [-0.39, 0.29) is 152 Å². The number of rotatable bonds is 38. The Balaban J connectivity index is 0.885. The Morgan fingerprint density at radius 2 is 1.28 bits per heavy atom. The van der Waals surface area contributed by atoms with E-state index in [1.807, 2.05) is 0 Å². The SMILES string of the molecule is CC(=O)[C@H](CCCCNC(=O)COCCOCCNc1nc(Cc2ccc(Nc3cc(S(=O)(=O)O)c(N)c4c3C(=O)c3ccccc3C4=O)cc2S(=O)(=O)O)nc(Nc2cccc(S(=O)(=O)O)c2)n1)CC(=O)C(C)(C)CC(=O)C(C)(C)CC(=O)C(C)(C)CC(=O)[C@@H]([NH])Cc1cnc[nH]1. The number of nitrogens with zero attached hydrogens (tertiary/aromatic N) is 4. The number of ketones is 7. The van der Waals surface area contributed by atoms with Crippen LogP contribution in [0.4, 0.5) is 34.6 Å². The standard InChI is InChI=1S/C65H78N11O19S3/c1-37(77)38(25-51(79)64(4,5)32-53(81)65(6,7)33-52(80)63(2,3)31-48(78)46(66)28-42-34-68-36-71-42)13-10-11-20-69-55(82)35-95-24-23-94-22-21-70-61-74-54(75-62(76-61)73-40-14-12-15-43(27-40)96(85,86)87)26-39-18-19-41(29-49(39)97(88,89)90)72-47-30-50(98(91,92)93)58(67)57-56(47)59(83)44-16-8-9-17-45(44)60(57)84/h8-9,12,14-19,27,29-30,34,36,38,46,66,72H,10-11,13,20-26,28,31-33,35,67H2,1-7H3,(H,68,71)(H,69,82)(H,85,86,87)(H,88,89,90)(H,91,92,93)(H2,70,73,74,75,76)/t38-,46+/m1/s1. The van der Waals surface area contributed by atoms with Gasteiger partial charge in [0.1, 0.15) is 40.5 Å². The molecule has 4 aromatic carbocycles. The molecule has 1 aliphatic rings. The fourth-order valence-corrected chi connectivity index (χ4v) is 12.6. The molecule has 2 heterocycles. The highest BCUT2D eigenvalue weighted by molar-refractivity contribution is 7.86. The van der Waals surface area contributed by atoms with E-state index >= 15 is 0 Å². The summed E-state index contributed by atoms with van der Waals surface area (Å²) in [5.41, 5.74) is 9.20. The van der Waals surface area contributed by atoms with E-state index in [1.54, 1.807) is 41.5 Å². The van der Waals surface area contributed by atoms with Gasteiger partial charge in [-0.3, -0.25) is 52.0 Å². The van der Waals surface area contributed by atoms with Gasteiger partial charge in [-0.05, 0) is 61.7 Å². The second kappa shape index (κ2) is 31.7. The monoisotopic (exact) mass is 1410 g/mol. The molecule has 0 saturated heterocycles. The maximum absolute atomic E-state index is 13.9. The van der Waals surface area contributed by atoms with Crippen LogP contribution in [0.2, 0.25) is 0 Å². The number of nitrogen functional groups attached to an aromatic ring is 1. The number of carbonyl (C=O) groups excluding carboxylic acids is 8. The molecule has 7 rings (SSSR count). The second-order valence-electron chi connectivity index (χ2n) is 25.6. The quantitative estimate of drug-likeness (QED) is 0.0113. The average molecular weight is 1410 g/mol. The third-order valence-corrected chi connectivity index (χ3v) is 19.1. The Kier molecular flexibility index (Phi) is 24.7. The fourth-order valence-electron chi connectivity index (χ4n) is 10.7. The molecule has 6 aromatic rings. The lowest BCUT2D eigenvalue weighted by molar-refractivity contribution is -0.141. The highest BCUT2D eigenvalue weighted by Gasteiger charge is 2.42. The zero-order valence-electron chi connectivity index (χ0n) is 54.8. The van der Waals surface area contributed by atoms with Gasteiger partial charge in [0.05, 0.1) is 64.5 Å². The minimum absolute atomic E-state index is 0.00124. The molecule has 33 heteroatoms. The summed E-state index contributed by atoms with van der Waals surface area (Å²) >= 11 is 0. The summed E-state index contributed by atoms with van der Waals surface area (Å²) in [6.07, 6.45) is 3.32. The number of Topliss-reactive ketones (excluding diaryl/α,β-unsaturated/α-hetero) is 5. The van der Waals surface area contributed by atoms with Gasteiger partial charge in [-0.1, -0.05) is 84.4 Å². The molecule has 11 N–H and O–H groups in total. The third-order valence-electron chi connectivity index (χ3n) is 16.4. The molecule has 98 heavy (non-hydrogen) atoms. The van der Waals surface area contributed by atoms with Crippen molar-refractivity contribution in [3.05, 3.63) is 125 Å². The molecule has 525 valence electrons. The van der Waals surface area contributed by atoms with Gasteiger partial charge in [0.25, 0.3) is 30.4 Å². The number of anilines is 6. The maximum atomic E-state index is 13.9. The molecule has 30 nitrogen and oxygen atoms in total. The van der Waals surface area contributed by atoms with Gasteiger partial charge >= 0.3 is 0 Å². The largest absolute Gasteiger partial charge is 0.397 e. The van der Waals surface area contributed by atoms with E-state index in [0.717, 1.165) is 24.3 Å². The van der Waals surface area contributed by atoms with Gasteiger partial charge in [-0.2, -0.15) is 40.2 Å². The zero-order valence-corrected chi connectivity index (χ0v) is 57.3. The number of nitrogens with one attached hydrogen (secondary N) is 6. The van der Waals surface area contributed by atoms with Gasteiger partial charge < -0.3 is 41.5 Å². The van der Waals surface area contributed by atoms with E-state index in [1.165, 1.54) is 68.0 Å². The molecule has 2 aromatic heterocycles. The van der Waals surface area contributed by atoms with Crippen molar-refractivity contribution >= 4 is 111 Å². The first kappa shape index (κ1) is 76.4. The molecule has 1 radical (unpaired) electrons. The van der Waals surface area contributed by atoms with Gasteiger partial charge in [-0.15, -0.1) is 0 Å². The van der Waals surface area contributed by atoms with Crippen LogP contribution < -0.4 is 32.7 Å². The van der Waals surface area contributed by atoms with E-state index in [9.17, 15) is 77.3 Å². The fraction of sp³-hybridized carbons (Fsp3) is 0.415. The Hall–Kier alpha value is -8.93. The number of ether oxygens (including phenoxy) is 2. The summed E-state index contributed by atoms with van der Waals surface area (Å²) in [6, 6.07) is 13.8. The van der Waals surface area contributed by atoms with Crippen LogP contribution in [0.3, 0.4) is 0 Å². The number of hydrogen-bond donors (Lipinski definition) is 9. The highest BCUT2D eigenvalue weighted by Crippen LogP contribution is 2.41. The molecule has 2 atom stereocenters. The first-order chi connectivity index (χ1) is 45.7. The number of amides is 1. The van der Waals surface area contributed by atoms with Crippen LogP contribution in [0.25, 0.3) is 0 Å². The summed E-state index contributed by atoms with van der Waals surface area (Å²) in [5.74, 6) is -4.66. The van der Waals surface area contributed by atoms with Crippen LogP contribution in [-0.4, -0.2) is 156 Å². The Bertz CT molecular complexity index is 4410. The Morgan fingerprint density at radius 1 is 0.663 bits per heavy atom. The lowest BCUT2D eigenvalue weighted by atomic mass is 9.69. The number of nitrogens with two attached hydrogens (primary N) is 1. The van der Waals surface area contributed by atoms with Crippen LogP contribution in [0.1, 0.15) is 142 Å². The van der Waals surface area contributed by atoms with E-state index < -0.39 is 114 Å². The van der Waals surface area contributed by atoms with Crippen molar-refractivity contribution in [3.8, 4) is 0 Å². The smallest absolute Gasteiger partial charge is 0.296 e. The number of fused-ring (bicyclic) bond motifs is 2. The van der Waals surface area contributed by atoms with Crippen LogP contribution in [-0.2, 0) is 81.4 Å². The number of H-pyrrole nitrogens is 1. The predicted molar refractivity (Wildman–Crippen MR) is 356 cm³/mol. The van der Waals surface area contributed by atoms with Gasteiger partial charge in [0, 0.05) is 108 Å². The lowest BCUT2D eigenvalue weighted by Crippen LogP contribution is -2.39. The number of hydrogen-bond acceptors (Lipinski definition) is 24. The third kappa shape index (κ3) is 20.3. The summed E-state index contributed by atoms with van der Waals surface area (Å²) in [5, 5.41) is 11.2. The molecule has 0 aliphatic heterocycles. The molecule has 0 bridgehead atoms. The highest BCUT2D eigenvalue weighted by atomic mass is 32.2. The molecule has 0 fully saturated rings. The summed E-state index contributed by atoms with van der Waals surface area (Å²) < 4.78 is 117. The zero-order chi connectivity index (χ0) is 72.3. The molecule has 1 aliphatic carbocycles. The summed E-state index contributed by atoms with van der Waals surface area (Å²) in [6.45, 7) is 11.1.